The molecule has 1 unspecified atom stereocenters. The maximum absolute atomic E-state index is 11.2. The molecule has 5 heteroatoms. The van der Waals surface area contributed by atoms with Crippen molar-refractivity contribution in [2.75, 3.05) is 39.8 Å². The fraction of sp³-hybridized carbons (Fsp3) is 0.938. The number of hydrogen-bond acceptors (Lipinski definition) is 5. The molecule has 0 bridgehead atoms. The van der Waals surface area contributed by atoms with Crippen LogP contribution in [-0.2, 0) is 14.3 Å². The molecule has 0 amide bonds. The summed E-state index contributed by atoms with van der Waals surface area (Å²) >= 11 is 0. The van der Waals surface area contributed by atoms with Gasteiger partial charge in [-0.3, -0.25) is 9.69 Å². The van der Waals surface area contributed by atoms with Crippen LogP contribution < -0.4 is 0 Å². The van der Waals surface area contributed by atoms with Gasteiger partial charge in [-0.05, 0) is 34.1 Å². The lowest BCUT2D eigenvalue weighted by atomic mass is 9.92. The lowest BCUT2D eigenvalue weighted by molar-refractivity contribution is -0.141. The average Bonchev–Trinajstić information content (AvgIpc) is 2.64. The zero-order valence-electron chi connectivity index (χ0n) is 14.1. The summed E-state index contributed by atoms with van der Waals surface area (Å²) in [6, 6.07) is 0.482. The first-order valence-electron chi connectivity index (χ1n) is 7.97. The summed E-state index contributed by atoms with van der Waals surface area (Å²) < 4.78 is 10.9. The number of hydrogen-bond donors (Lipinski definition) is 0. The Kier molecular flexibility index (Phi) is 4.96. The van der Waals surface area contributed by atoms with Gasteiger partial charge in [0.15, 0.2) is 0 Å². The molecule has 0 N–H and O–H groups in total. The third kappa shape index (κ3) is 4.18. The number of nitrogens with zero attached hydrogens (tertiary/aromatic N) is 2. The normalized spacial score (nSPS) is 29.5. The number of ether oxygens (including phenoxy) is 2. The van der Waals surface area contributed by atoms with Gasteiger partial charge in [-0.15, -0.1) is 0 Å². The average molecular weight is 298 g/mol. The second kappa shape index (κ2) is 6.23. The minimum Gasteiger partial charge on any atom is -0.469 e. The van der Waals surface area contributed by atoms with E-state index in [9.17, 15) is 4.79 Å². The number of esters is 1. The van der Waals surface area contributed by atoms with Gasteiger partial charge in [-0.2, -0.15) is 0 Å². The summed E-state index contributed by atoms with van der Waals surface area (Å²) in [5.74, 6) is -0.121. The maximum atomic E-state index is 11.2. The van der Waals surface area contributed by atoms with Gasteiger partial charge in [0.05, 0.1) is 24.7 Å². The lowest BCUT2D eigenvalue weighted by Crippen LogP contribution is -2.55. The molecule has 1 atom stereocenters. The summed E-state index contributed by atoms with van der Waals surface area (Å²) in [6.07, 6.45) is 1.57. The van der Waals surface area contributed by atoms with Crippen LogP contribution in [0.3, 0.4) is 0 Å². The number of piperazine rings is 1. The van der Waals surface area contributed by atoms with Crippen LogP contribution in [0.25, 0.3) is 0 Å². The third-order valence-corrected chi connectivity index (χ3v) is 4.73. The highest BCUT2D eigenvalue weighted by atomic mass is 16.5. The molecule has 0 spiro atoms. The van der Waals surface area contributed by atoms with Crippen LogP contribution in [0, 0.1) is 0 Å². The van der Waals surface area contributed by atoms with Gasteiger partial charge in [-0.1, -0.05) is 0 Å². The van der Waals surface area contributed by atoms with Gasteiger partial charge < -0.3 is 14.4 Å². The summed E-state index contributed by atoms with van der Waals surface area (Å²) in [5.41, 5.74) is -0.117. The third-order valence-electron chi connectivity index (χ3n) is 4.73. The minimum absolute atomic E-state index is 0.0316. The minimum atomic E-state index is -0.121. The molecule has 0 saturated carbocycles. The van der Waals surface area contributed by atoms with Gasteiger partial charge in [0.2, 0.25) is 0 Å². The SMILES string of the molecule is COC(=O)CCN1CCN(C2CC(C)(C)OC2(C)C)CC1. The summed E-state index contributed by atoms with van der Waals surface area (Å²) in [7, 11) is 1.45. The first-order chi connectivity index (χ1) is 9.73. The molecule has 21 heavy (non-hydrogen) atoms. The molecule has 2 aliphatic rings. The number of carbonyl (C=O) groups is 1. The second-order valence-corrected chi connectivity index (χ2v) is 7.39. The van der Waals surface area contributed by atoms with Crippen LogP contribution in [0.2, 0.25) is 0 Å². The summed E-state index contributed by atoms with van der Waals surface area (Å²) in [4.78, 5) is 16.1. The van der Waals surface area contributed by atoms with Crippen LogP contribution >= 0.6 is 0 Å². The van der Waals surface area contributed by atoms with E-state index in [1.165, 1.54) is 7.11 Å². The number of rotatable bonds is 4. The fourth-order valence-electron chi connectivity index (χ4n) is 3.75. The Morgan fingerprint density at radius 3 is 2.29 bits per heavy atom. The van der Waals surface area contributed by atoms with Crippen LogP contribution in [0.4, 0.5) is 0 Å². The second-order valence-electron chi connectivity index (χ2n) is 7.39. The quantitative estimate of drug-likeness (QED) is 0.736. The van der Waals surface area contributed by atoms with Crippen LogP contribution in [-0.4, -0.2) is 72.8 Å². The number of methoxy groups -OCH3 is 1. The Morgan fingerprint density at radius 1 is 1.19 bits per heavy atom. The molecule has 0 aromatic carbocycles. The van der Waals surface area contributed by atoms with Crippen molar-refractivity contribution in [3.8, 4) is 0 Å². The van der Waals surface area contributed by atoms with Crippen LogP contribution in [0.5, 0.6) is 0 Å². The van der Waals surface area contributed by atoms with E-state index in [2.05, 4.69) is 37.5 Å². The zero-order chi connectivity index (χ0) is 15.7. The molecule has 2 fully saturated rings. The van der Waals surface area contributed by atoms with Crippen molar-refractivity contribution in [1.82, 2.24) is 9.80 Å². The van der Waals surface area contributed by atoms with Gasteiger partial charge >= 0.3 is 5.97 Å². The molecule has 0 aromatic heterocycles. The molecule has 2 rings (SSSR count). The smallest absolute Gasteiger partial charge is 0.306 e. The van der Waals surface area contributed by atoms with Gasteiger partial charge in [0, 0.05) is 38.8 Å². The molecule has 122 valence electrons. The number of carbonyl (C=O) groups excluding carboxylic acids is 1. The van der Waals surface area contributed by atoms with Crippen molar-refractivity contribution in [2.45, 2.75) is 57.8 Å². The van der Waals surface area contributed by atoms with Crippen molar-refractivity contribution in [1.29, 1.82) is 0 Å². The van der Waals surface area contributed by atoms with E-state index in [0.717, 1.165) is 39.1 Å². The maximum Gasteiger partial charge on any atom is 0.306 e. The van der Waals surface area contributed by atoms with Crippen molar-refractivity contribution in [3.05, 3.63) is 0 Å². The first-order valence-corrected chi connectivity index (χ1v) is 7.97. The molecule has 0 aliphatic carbocycles. The first kappa shape index (κ1) is 16.7. The Morgan fingerprint density at radius 2 is 1.81 bits per heavy atom. The van der Waals surface area contributed by atoms with Crippen molar-refractivity contribution >= 4 is 5.97 Å². The molecular formula is C16H30N2O3. The van der Waals surface area contributed by atoms with Crippen molar-refractivity contribution in [3.63, 3.8) is 0 Å². The topological polar surface area (TPSA) is 42.0 Å². The Hall–Kier alpha value is -0.650. The van der Waals surface area contributed by atoms with Gasteiger partial charge in [-0.25, -0.2) is 0 Å². The molecular weight excluding hydrogens is 268 g/mol. The highest BCUT2D eigenvalue weighted by Crippen LogP contribution is 2.40. The molecule has 2 aliphatic heterocycles. The molecule has 0 radical (unpaired) electrons. The Labute approximate surface area is 128 Å². The van der Waals surface area contributed by atoms with Crippen LogP contribution in [0.15, 0.2) is 0 Å². The predicted octanol–water partition coefficient (Wildman–Crippen LogP) is 1.51. The Bertz CT molecular complexity index is 374. The summed E-state index contributed by atoms with van der Waals surface area (Å²) in [6.45, 7) is 13.7. The van der Waals surface area contributed by atoms with E-state index in [0.29, 0.717) is 12.5 Å². The van der Waals surface area contributed by atoms with E-state index in [1.807, 2.05) is 0 Å². The van der Waals surface area contributed by atoms with Gasteiger partial charge in [0.25, 0.3) is 0 Å². The van der Waals surface area contributed by atoms with Crippen LogP contribution in [0.1, 0.15) is 40.5 Å². The lowest BCUT2D eigenvalue weighted by Gasteiger charge is -2.41. The predicted molar refractivity (Wildman–Crippen MR) is 82.3 cm³/mol. The Balaban J connectivity index is 1.83. The molecule has 5 nitrogen and oxygen atoms in total. The van der Waals surface area contributed by atoms with E-state index >= 15 is 0 Å². The highest BCUT2D eigenvalue weighted by molar-refractivity contribution is 5.69. The fourth-order valence-corrected chi connectivity index (χ4v) is 3.75. The standard InChI is InChI=1S/C16H30N2O3/c1-15(2)12-13(16(3,4)21-15)18-10-8-17(9-11-18)7-6-14(19)20-5/h13H,6-12H2,1-5H3. The zero-order valence-corrected chi connectivity index (χ0v) is 14.1. The largest absolute Gasteiger partial charge is 0.469 e. The summed E-state index contributed by atoms with van der Waals surface area (Å²) in [5, 5.41) is 0. The highest BCUT2D eigenvalue weighted by Gasteiger charge is 2.48. The van der Waals surface area contributed by atoms with E-state index in [-0.39, 0.29) is 17.2 Å². The van der Waals surface area contributed by atoms with E-state index < -0.39 is 0 Å². The van der Waals surface area contributed by atoms with E-state index in [1.54, 1.807) is 0 Å². The van der Waals surface area contributed by atoms with Gasteiger partial charge in [0.1, 0.15) is 0 Å². The van der Waals surface area contributed by atoms with Crippen molar-refractivity contribution in [2.24, 2.45) is 0 Å². The molecule has 0 aromatic rings. The van der Waals surface area contributed by atoms with Crippen molar-refractivity contribution < 1.29 is 14.3 Å². The molecule has 2 heterocycles. The monoisotopic (exact) mass is 298 g/mol. The van der Waals surface area contributed by atoms with E-state index in [4.69, 9.17) is 9.47 Å². The molecule has 2 saturated heterocycles.